The first-order valence-corrected chi connectivity index (χ1v) is 6.29. The van der Waals surface area contributed by atoms with Gasteiger partial charge < -0.3 is 10.1 Å². The van der Waals surface area contributed by atoms with Gasteiger partial charge in [0.15, 0.2) is 5.75 Å². The number of likely N-dealkylation sites (N-methyl/N-ethyl adjacent to an activating group) is 1. The Morgan fingerprint density at radius 2 is 2.06 bits per heavy atom. The van der Waals surface area contributed by atoms with Crippen LogP contribution in [-0.2, 0) is 0 Å². The predicted molar refractivity (Wildman–Crippen MR) is 68.8 cm³/mol. The van der Waals surface area contributed by atoms with Gasteiger partial charge in [0.2, 0.25) is 0 Å². The molecule has 5 heteroatoms. The maximum absolute atomic E-state index is 10.9. The molecule has 1 aliphatic carbocycles. The lowest BCUT2D eigenvalue weighted by Crippen LogP contribution is -2.43. The highest BCUT2D eigenvalue weighted by atomic mass is 16.6. The van der Waals surface area contributed by atoms with Gasteiger partial charge in [-0.15, -0.1) is 0 Å². The maximum Gasteiger partial charge on any atom is 0.310 e. The summed E-state index contributed by atoms with van der Waals surface area (Å²) in [5, 5.41) is 14.2. The Kier molecular flexibility index (Phi) is 4.15. The topological polar surface area (TPSA) is 64.4 Å². The van der Waals surface area contributed by atoms with E-state index >= 15 is 0 Å². The predicted octanol–water partition coefficient (Wildman–Crippen LogP) is 2.50. The molecule has 2 unspecified atom stereocenters. The van der Waals surface area contributed by atoms with Gasteiger partial charge in [0.25, 0.3) is 0 Å². The highest BCUT2D eigenvalue weighted by molar-refractivity contribution is 5.45. The Morgan fingerprint density at radius 3 is 2.78 bits per heavy atom. The van der Waals surface area contributed by atoms with Crippen LogP contribution in [-0.4, -0.2) is 24.1 Å². The zero-order valence-corrected chi connectivity index (χ0v) is 10.5. The van der Waals surface area contributed by atoms with E-state index in [2.05, 4.69) is 5.32 Å². The lowest BCUT2D eigenvalue weighted by Gasteiger charge is -2.31. The summed E-state index contributed by atoms with van der Waals surface area (Å²) < 4.78 is 5.85. The molecule has 0 saturated heterocycles. The molecule has 98 valence electrons. The molecule has 0 spiro atoms. The Balaban J connectivity index is 2.15. The first-order valence-electron chi connectivity index (χ1n) is 6.29. The number of para-hydroxylation sites is 2. The summed E-state index contributed by atoms with van der Waals surface area (Å²) >= 11 is 0. The molecule has 0 radical (unpaired) electrons. The van der Waals surface area contributed by atoms with Crippen molar-refractivity contribution in [3.8, 4) is 5.75 Å². The minimum absolute atomic E-state index is 0.0184. The first-order chi connectivity index (χ1) is 8.72. The molecule has 1 aromatic rings. The van der Waals surface area contributed by atoms with Crippen LogP contribution in [0.1, 0.15) is 25.7 Å². The zero-order valence-electron chi connectivity index (χ0n) is 10.5. The van der Waals surface area contributed by atoms with Crippen LogP contribution in [0, 0.1) is 10.1 Å². The van der Waals surface area contributed by atoms with Crippen molar-refractivity contribution in [1.29, 1.82) is 0 Å². The van der Waals surface area contributed by atoms with Crippen LogP contribution in [0.2, 0.25) is 0 Å². The van der Waals surface area contributed by atoms with E-state index in [1.165, 1.54) is 12.5 Å². The lowest BCUT2D eigenvalue weighted by molar-refractivity contribution is -0.386. The number of hydrogen-bond donors (Lipinski definition) is 1. The molecule has 5 nitrogen and oxygen atoms in total. The van der Waals surface area contributed by atoms with Crippen molar-refractivity contribution in [2.24, 2.45) is 0 Å². The highest BCUT2D eigenvalue weighted by Gasteiger charge is 2.27. The fourth-order valence-electron chi connectivity index (χ4n) is 2.44. The lowest BCUT2D eigenvalue weighted by atomic mass is 9.92. The number of nitrogens with one attached hydrogen (secondary N) is 1. The third-order valence-corrected chi connectivity index (χ3v) is 3.41. The largest absolute Gasteiger partial charge is 0.482 e. The standard InChI is InChI=1S/C13H18N2O3/c1-14-10-6-2-4-8-12(10)18-13-9-5-3-7-11(13)15(16)17/h3,5,7,9-10,12,14H,2,4,6,8H2,1H3. The number of nitro benzene ring substituents is 1. The molecule has 0 amide bonds. The molecule has 1 aliphatic rings. The quantitative estimate of drug-likeness (QED) is 0.658. The molecule has 1 N–H and O–H groups in total. The Bertz CT molecular complexity index is 422. The van der Waals surface area contributed by atoms with Gasteiger partial charge in [-0.3, -0.25) is 10.1 Å². The average Bonchev–Trinajstić information content (AvgIpc) is 2.40. The van der Waals surface area contributed by atoms with E-state index in [0.29, 0.717) is 5.75 Å². The summed E-state index contributed by atoms with van der Waals surface area (Å²) in [4.78, 5) is 10.5. The smallest absolute Gasteiger partial charge is 0.310 e. The third kappa shape index (κ3) is 2.79. The van der Waals surface area contributed by atoms with Crippen LogP contribution in [0.5, 0.6) is 5.75 Å². The molecule has 2 rings (SSSR count). The van der Waals surface area contributed by atoms with Gasteiger partial charge in [-0.05, 0) is 32.4 Å². The van der Waals surface area contributed by atoms with Crippen molar-refractivity contribution in [3.63, 3.8) is 0 Å². The van der Waals surface area contributed by atoms with Gasteiger partial charge in [-0.2, -0.15) is 0 Å². The van der Waals surface area contributed by atoms with E-state index < -0.39 is 4.92 Å². The van der Waals surface area contributed by atoms with E-state index in [4.69, 9.17) is 4.74 Å². The molecule has 18 heavy (non-hydrogen) atoms. The van der Waals surface area contributed by atoms with Crippen LogP contribution in [0.15, 0.2) is 24.3 Å². The van der Waals surface area contributed by atoms with E-state index in [1.54, 1.807) is 18.2 Å². The molecule has 2 atom stereocenters. The SMILES string of the molecule is CNC1CCCCC1Oc1ccccc1[N+](=O)[O-]. The molecule has 0 bridgehead atoms. The van der Waals surface area contributed by atoms with Crippen LogP contribution in [0.3, 0.4) is 0 Å². The van der Waals surface area contributed by atoms with Gasteiger partial charge in [0.1, 0.15) is 6.10 Å². The van der Waals surface area contributed by atoms with E-state index in [0.717, 1.165) is 19.3 Å². The van der Waals surface area contributed by atoms with Crippen LogP contribution in [0.25, 0.3) is 0 Å². The second-order valence-corrected chi connectivity index (χ2v) is 4.56. The van der Waals surface area contributed by atoms with E-state index in [9.17, 15) is 10.1 Å². The van der Waals surface area contributed by atoms with Crippen molar-refractivity contribution in [1.82, 2.24) is 5.32 Å². The first kappa shape index (κ1) is 12.8. The summed E-state index contributed by atoms with van der Waals surface area (Å²) in [6.07, 6.45) is 4.32. The van der Waals surface area contributed by atoms with E-state index in [-0.39, 0.29) is 17.8 Å². The molecule has 0 heterocycles. The van der Waals surface area contributed by atoms with Crippen molar-refractivity contribution in [2.75, 3.05) is 7.05 Å². The molecular weight excluding hydrogens is 232 g/mol. The Morgan fingerprint density at radius 1 is 1.33 bits per heavy atom. The summed E-state index contributed by atoms with van der Waals surface area (Å²) in [7, 11) is 1.91. The van der Waals surface area contributed by atoms with Crippen LogP contribution < -0.4 is 10.1 Å². The Hall–Kier alpha value is -1.62. The van der Waals surface area contributed by atoms with Crippen molar-refractivity contribution in [2.45, 2.75) is 37.8 Å². The zero-order chi connectivity index (χ0) is 13.0. The molecule has 1 aromatic carbocycles. The minimum atomic E-state index is -0.396. The number of hydrogen-bond acceptors (Lipinski definition) is 4. The van der Waals surface area contributed by atoms with Crippen molar-refractivity contribution >= 4 is 5.69 Å². The summed E-state index contributed by atoms with van der Waals surface area (Å²) in [6.45, 7) is 0. The van der Waals surface area contributed by atoms with Crippen LogP contribution in [0.4, 0.5) is 5.69 Å². The minimum Gasteiger partial charge on any atom is -0.482 e. The molecule has 0 aliphatic heterocycles. The monoisotopic (exact) mass is 250 g/mol. The highest BCUT2D eigenvalue weighted by Crippen LogP contribution is 2.30. The Labute approximate surface area is 106 Å². The van der Waals surface area contributed by atoms with E-state index in [1.807, 2.05) is 7.05 Å². The summed E-state index contributed by atoms with van der Waals surface area (Å²) in [6, 6.07) is 6.84. The fourth-order valence-corrected chi connectivity index (χ4v) is 2.44. The second kappa shape index (κ2) is 5.82. The molecular formula is C13H18N2O3. The molecule has 1 fully saturated rings. The number of nitrogens with zero attached hydrogens (tertiary/aromatic N) is 1. The summed E-state index contributed by atoms with van der Waals surface area (Å²) in [5.74, 6) is 0.370. The van der Waals surface area contributed by atoms with Crippen molar-refractivity contribution in [3.05, 3.63) is 34.4 Å². The fraction of sp³-hybridized carbons (Fsp3) is 0.538. The number of nitro groups is 1. The maximum atomic E-state index is 10.9. The summed E-state index contributed by atoms with van der Waals surface area (Å²) in [5.41, 5.74) is 0.0397. The number of benzene rings is 1. The van der Waals surface area contributed by atoms with Gasteiger partial charge in [-0.1, -0.05) is 18.6 Å². The van der Waals surface area contributed by atoms with Gasteiger partial charge in [0, 0.05) is 12.1 Å². The number of rotatable bonds is 4. The average molecular weight is 250 g/mol. The van der Waals surface area contributed by atoms with Gasteiger partial charge in [-0.25, -0.2) is 0 Å². The van der Waals surface area contributed by atoms with Gasteiger partial charge >= 0.3 is 5.69 Å². The third-order valence-electron chi connectivity index (χ3n) is 3.41. The normalized spacial score (nSPS) is 23.6. The molecule has 1 saturated carbocycles. The molecule has 0 aromatic heterocycles. The second-order valence-electron chi connectivity index (χ2n) is 4.56. The van der Waals surface area contributed by atoms with Crippen molar-refractivity contribution < 1.29 is 9.66 Å². The number of ether oxygens (including phenoxy) is 1. The van der Waals surface area contributed by atoms with Gasteiger partial charge in [0.05, 0.1) is 4.92 Å². The van der Waals surface area contributed by atoms with Crippen LogP contribution >= 0.6 is 0 Å².